The van der Waals surface area contributed by atoms with E-state index in [2.05, 4.69) is 5.32 Å². The summed E-state index contributed by atoms with van der Waals surface area (Å²) in [6.45, 7) is 2.54. The molecule has 0 aromatic carbocycles. The molecule has 74 valence electrons. The van der Waals surface area contributed by atoms with Gasteiger partial charge in [0.2, 0.25) is 0 Å². The highest BCUT2D eigenvalue weighted by Crippen LogP contribution is 2.05. The molecule has 0 bridgehead atoms. The van der Waals surface area contributed by atoms with E-state index in [1.165, 1.54) is 6.08 Å². The van der Waals surface area contributed by atoms with E-state index in [1.807, 2.05) is 0 Å². The molecule has 0 saturated carbocycles. The smallest absolute Gasteiger partial charge is 0.338 e. The molecule has 0 spiro atoms. The number of halogens is 1. The molecule has 0 aromatic heterocycles. The van der Waals surface area contributed by atoms with Gasteiger partial charge in [0.1, 0.15) is 0 Å². The highest BCUT2D eigenvalue weighted by Gasteiger charge is 2.11. The first kappa shape index (κ1) is 11.8. The van der Waals surface area contributed by atoms with Crippen molar-refractivity contribution in [1.29, 1.82) is 0 Å². The molecule has 0 unspecified atom stereocenters. The third-order valence-electron chi connectivity index (χ3n) is 1.41. The van der Waals surface area contributed by atoms with E-state index in [0.717, 1.165) is 0 Å². The molecule has 13 heavy (non-hydrogen) atoms. The molecule has 0 aromatic rings. The van der Waals surface area contributed by atoms with Crippen molar-refractivity contribution >= 4 is 18.4 Å². The maximum absolute atomic E-state index is 11.1. The molecule has 0 fully saturated rings. The highest BCUT2D eigenvalue weighted by molar-refractivity contribution is 5.91. The van der Waals surface area contributed by atoms with Crippen LogP contribution in [0.25, 0.3) is 0 Å². The van der Waals surface area contributed by atoms with Crippen LogP contribution in [0, 0.1) is 0 Å². The van der Waals surface area contributed by atoms with E-state index in [-0.39, 0.29) is 18.3 Å². The van der Waals surface area contributed by atoms with Crippen LogP contribution in [0.2, 0.25) is 0 Å². The SMILES string of the molecule is CCOC(=O)C1=CCNC(O)=C1.Cl. The molecule has 1 aliphatic rings. The number of rotatable bonds is 2. The second kappa shape index (κ2) is 5.48. The van der Waals surface area contributed by atoms with E-state index in [0.29, 0.717) is 18.7 Å². The average molecular weight is 206 g/mol. The van der Waals surface area contributed by atoms with E-state index in [4.69, 9.17) is 9.84 Å². The van der Waals surface area contributed by atoms with Gasteiger partial charge in [0.15, 0.2) is 5.88 Å². The largest absolute Gasteiger partial charge is 0.495 e. The Morgan fingerprint density at radius 2 is 2.46 bits per heavy atom. The molecule has 0 radical (unpaired) electrons. The van der Waals surface area contributed by atoms with Gasteiger partial charge in [0, 0.05) is 12.6 Å². The van der Waals surface area contributed by atoms with Crippen molar-refractivity contribution < 1.29 is 14.6 Å². The van der Waals surface area contributed by atoms with Gasteiger partial charge in [-0.05, 0) is 6.92 Å². The first-order valence-electron chi connectivity index (χ1n) is 3.76. The van der Waals surface area contributed by atoms with Gasteiger partial charge in [-0.3, -0.25) is 0 Å². The van der Waals surface area contributed by atoms with E-state index >= 15 is 0 Å². The fraction of sp³-hybridized carbons (Fsp3) is 0.375. The fourth-order valence-electron chi connectivity index (χ4n) is 0.879. The molecule has 1 rings (SSSR count). The monoisotopic (exact) mass is 205 g/mol. The number of carbonyl (C=O) groups is 1. The Labute approximate surface area is 82.7 Å². The normalized spacial score (nSPS) is 14.5. The second-order valence-electron chi connectivity index (χ2n) is 2.29. The Morgan fingerprint density at radius 3 is 3.00 bits per heavy atom. The molecule has 1 aliphatic heterocycles. The first-order chi connectivity index (χ1) is 5.74. The van der Waals surface area contributed by atoms with E-state index in [9.17, 15) is 4.79 Å². The van der Waals surface area contributed by atoms with Gasteiger partial charge < -0.3 is 15.2 Å². The Bertz CT molecular complexity index is 248. The van der Waals surface area contributed by atoms with Crippen LogP contribution in [0.3, 0.4) is 0 Å². The predicted octanol–water partition coefficient (Wildman–Crippen LogP) is 0.900. The topological polar surface area (TPSA) is 58.6 Å². The number of aliphatic hydroxyl groups is 1. The van der Waals surface area contributed by atoms with E-state index < -0.39 is 5.97 Å². The van der Waals surface area contributed by atoms with Gasteiger partial charge in [0.05, 0.1) is 12.2 Å². The summed E-state index contributed by atoms with van der Waals surface area (Å²) in [5, 5.41) is 11.6. The number of carbonyl (C=O) groups excluding carboxylic acids is 1. The summed E-state index contributed by atoms with van der Waals surface area (Å²) < 4.78 is 4.74. The number of ether oxygens (including phenoxy) is 1. The highest BCUT2D eigenvalue weighted by atomic mass is 35.5. The quantitative estimate of drug-likeness (QED) is 0.658. The summed E-state index contributed by atoms with van der Waals surface area (Å²) in [5.41, 5.74) is 0.396. The van der Waals surface area contributed by atoms with Crippen LogP contribution < -0.4 is 5.32 Å². The Kier molecular flexibility index (Phi) is 4.99. The maximum atomic E-state index is 11.1. The summed E-state index contributed by atoms with van der Waals surface area (Å²) in [5.74, 6) is -0.397. The zero-order valence-electron chi connectivity index (χ0n) is 7.24. The van der Waals surface area contributed by atoms with Crippen molar-refractivity contribution in [3.05, 3.63) is 23.6 Å². The number of aliphatic hydroxyl groups excluding tert-OH is 1. The minimum atomic E-state index is -0.398. The Hall–Kier alpha value is -1.16. The van der Waals surface area contributed by atoms with Crippen molar-refractivity contribution in [3.8, 4) is 0 Å². The lowest BCUT2D eigenvalue weighted by molar-refractivity contribution is -0.138. The fourth-order valence-corrected chi connectivity index (χ4v) is 0.879. The summed E-state index contributed by atoms with van der Waals surface area (Å²) in [7, 11) is 0. The van der Waals surface area contributed by atoms with Gasteiger partial charge in [-0.25, -0.2) is 4.79 Å². The number of hydrogen-bond acceptors (Lipinski definition) is 4. The number of esters is 1. The summed E-state index contributed by atoms with van der Waals surface area (Å²) in [4.78, 5) is 11.1. The van der Waals surface area contributed by atoms with Crippen LogP contribution in [-0.2, 0) is 9.53 Å². The summed E-state index contributed by atoms with van der Waals surface area (Å²) in [6.07, 6.45) is 3.01. The predicted molar refractivity (Wildman–Crippen MR) is 50.7 cm³/mol. The van der Waals surface area contributed by atoms with Crippen LogP contribution in [0.5, 0.6) is 0 Å². The molecular formula is C8H12ClNO3. The van der Waals surface area contributed by atoms with Crippen molar-refractivity contribution in [1.82, 2.24) is 5.32 Å². The van der Waals surface area contributed by atoms with Crippen LogP contribution in [0.15, 0.2) is 23.6 Å². The number of dihydropyridines is 1. The van der Waals surface area contributed by atoms with Crippen LogP contribution in [0.4, 0.5) is 0 Å². The minimum Gasteiger partial charge on any atom is -0.495 e. The molecular weight excluding hydrogens is 194 g/mol. The van der Waals surface area contributed by atoms with Crippen molar-refractivity contribution in [2.24, 2.45) is 0 Å². The van der Waals surface area contributed by atoms with Crippen LogP contribution in [0.1, 0.15) is 6.92 Å². The maximum Gasteiger partial charge on any atom is 0.338 e. The molecule has 4 nitrogen and oxygen atoms in total. The number of hydrogen-bond donors (Lipinski definition) is 2. The van der Waals surface area contributed by atoms with Crippen molar-refractivity contribution in [3.63, 3.8) is 0 Å². The van der Waals surface area contributed by atoms with Gasteiger partial charge in [-0.2, -0.15) is 0 Å². The van der Waals surface area contributed by atoms with E-state index in [1.54, 1.807) is 13.0 Å². The van der Waals surface area contributed by atoms with Crippen LogP contribution >= 0.6 is 12.4 Å². The zero-order chi connectivity index (χ0) is 8.97. The van der Waals surface area contributed by atoms with Crippen LogP contribution in [-0.4, -0.2) is 24.2 Å². The molecule has 0 atom stereocenters. The molecule has 5 heteroatoms. The standard InChI is InChI=1S/C8H11NO3.ClH/c1-2-12-8(11)6-3-4-9-7(10)5-6;/h3,5,9-10H,2,4H2,1H3;1H. The average Bonchev–Trinajstić information content (AvgIpc) is 2.05. The van der Waals surface area contributed by atoms with Crippen molar-refractivity contribution in [2.75, 3.05) is 13.2 Å². The third-order valence-corrected chi connectivity index (χ3v) is 1.41. The number of nitrogens with one attached hydrogen (secondary N) is 1. The molecule has 1 heterocycles. The van der Waals surface area contributed by atoms with Crippen molar-refractivity contribution in [2.45, 2.75) is 6.92 Å². The third kappa shape index (κ3) is 3.38. The lowest BCUT2D eigenvalue weighted by Crippen LogP contribution is -2.20. The van der Waals surface area contributed by atoms with Gasteiger partial charge in [-0.1, -0.05) is 6.08 Å². The molecule has 0 saturated heterocycles. The lowest BCUT2D eigenvalue weighted by Gasteiger charge is -2.10. The summed E-state index contributed by atoms with van der Waals surface area (Å²) in [6, 6.07) is 0. The Morgan fingerprint density at radius 1 is 1.77 bits per heavy atom. The summed E-state index contributed by atoms with van der Waals surface area (Å²) >= 11 is 0. The lowest BCUT2D eigenvalue weighted by atomic mass is 10.2. The molecule has 2 N–H and O–H groups in total. The minimum absolute atomic E-state index is 0. The molecule has 0 amide bonds. The van der Waals surface area contributed by atoms with Gasteiger partial charge >= 0.3 is 5.97 Å². The zero-order valence-corrected chi connectivity index (χ0v) is 8.06. The molecule has 0 aliphatic carbocycles. The van der Waals surface area contributed by atoms with Gasteiger partial charge in [-0.15, -0.1) is 12.4 Å². The second-order valence-corrected chi connectivity index (χ2v) is 2.29. The Balaban J connectivity index is 0.00000144. The van der Waals surface area contributed by atoms with Gasteiger partial charge in [0.25, 0.3) is 0 Å². The first-order valence-corrected chi connectivity index (χ1v) is 3.76.